The summed E-state index contributed by atoms with van der Waals surface area (Å²) in [5.41, 5.74) is 2.01. The molecule has 0 amide bonds. The van der Waals surface area contributed by atoms with Gasteiger partial charge in [0, 0.05) is 23.4 Å². The Hall–Kier alpha value is -3.43. The summed E-state index contributed by atoms with van der Waals surface area (Å²) in [6, 6.07) is 13.4. The number of carboxylic acid groups (broad SMARTS) is 1. The van der Waals surface area contributed by atoms with E-state index in [1.54, 1.807) is 23.5 Å². The maximum absolute atomic E-state index is 13.3. The second-order valence-electron chi connectivity index (χ2n) is 7.66. The minimum atomic E-state index is -1.05. The molecule has 0 fully saturated rings. The predicted molar refractivity (Wildman–Crippen MR) is 122 cm³/mol. The number of halogens is 1. The van der Waals surface area contributed by atoms with Crippen LogP contribution in [0.3, 0.4) is 0 Å². The molecule has 0 atom stereocenters. The van der Waals surface area contributed by atoms with Crippen molar-refractivity contribution in [1.82, 2.24) is 19.7 Å². The van der Waals surface area contributed by atoms with E-state index in [9.17, 15) is 19.4 Å². The Kier molecular flexibility index (Phi) is 7.21. The van der Waals surface area contributed by atoms with Crippen LogP contribution >= 0.6 is 11.3 Å². The van der Waals surface area contributed by atoms with Crippen LogP contribution in [0.4, 0.5) is 4.39 Å². The molecule has 0 aliphatic rings. The normalized spacial score (nSPS) is 11.1. The van der Waals surface area contributed by atoms with E-state index in [2.05, 4.69) is 25.8 Å². The lowest BCUT2D eigenvalue weighted by Gasteiger charge is -2.11. The first kappa shape index (κ1) is 22.8. The first-order chi connectivity index (χ1) is 16.0. The van der Waals surface area contributed by atoms with Gasteiger partial charge in [-0.1, -0.05) is 18.2 Å². The largest absolute Gasteiger partial charge is 0.478 e. The maximum Gasteiger partial charge on any atom is 0.335 e. The third-order valence-electron chi connectivity index (χ3n) is 5.24. The fourth-order valence-electron chi connectivity index (χ4n) is 3.62. The lowest BCUT2D eigenvalue weighted by Crippen LogP contribution is -2.10. The van der Waals surface area contributed by atoms with E-state index in [1.807, 2.05) is 11.4 Å². The van der Waals surface area contributed by atoms with Crippen LogP contribution in [0.15, 0.2) is 53.9 Å². The van der Waals surface area contributed by atoms with Crippen molar-refractivity contribution in [2.24, 2.45) is 0 Å². The van der Waals surface area contributed by atoms with Gasteiger partial charge >= 0.3 is 5.97 Å². The molecule has 4 aromatic rings. The van der Waals surface area contributed by atoms with Crippen LogP contribution in [0.5, 0.6) is 0 Å². The van der Waals surface area contributed by atoms with E-state index in [0.717, 1.165) is 17.2 Å². The Bertz CT molecular complexity index is 1220. The molecule has 0 saturated carbocycles. The maximum atomic E-state index is 13.3. The monoisotopic (exact) mass is 466 g/mol. The first-order valence-electron chi connectivity index (χ1n) is 10.5. The summed E-state index contributed by atoms with van der Waals surface area (Å²) in [5.74, 6) is 0.318. The minimum absolute atomic E-state index is 0.113. The number of rotatable bonds is 10. The van der Waals surface area contributed by atoms with Crippen molar-refractivity contribution in [1.29, 1.82) is 0 Å². The zero-order valence-corrected chi connectivity index (χ0v) is 18.6. The molecule has 3 heterocycles. The number of carboxylic acids is 1. The van der Waals surface area contributed by atoms with Gasteiger partial charge in [-0.15, -0.1) is 21.5 Å². The molecular weight excluding hydrogens is 443 g/mol. The number of aliphatic hydroxyl groups excluding tert-OH is 1. The van der Waals surface area contributed by atoms with Gasteiger partial charge in [-0.3, -0.25) is 4.98 Å². The summed E-state index contributed by atoms with van der Waals surface area (Å²) in [6.07, 6.45) is 2.50. The molecule has 0 bridgehead atoms. The molecule has 33 heavy (non-hydrogen) atoms. The highest BCUT2D eigenvalue weighted by molar-refractivity contribution is 7.09. The predicted octanol–water partition coefficient (Wildman–Crippen LogP) is 3.88. The van der Waals surface area contributed by atoms with Crippen LogP contribution < -0.4 is 0 Å². The number of aromatic nitrogens is 4. The van der Waals surface area contributed by atoms with Crippen molar-refractivity contribution in [3.8, 4) is 0 Å². The van der Waals surface area contributed by atoms with Gasteiger partial charge in [0.2, 0.25) is 0 Å². The average molecular weight is 467 g/mol. The summed E-state index contributed by atoms with van der Waals surface area (Å²) in [6.45, 7) is 0.219. The van der Waals surface area contributed by atoms with Gasteiger partial charge in [-0.2, -0.15) is 0 Å². The second kappa shape index (κ2) is 10.5. The highest BCUT2D eigenvalue weighted by Gasteiger charge is 2.15. The smallest absolute Gasteiger partial charge is 0.335 e. The zero-order chi connectivity index (χ0) is 23.2. The number of pyridine rings is 1. The van der Waals surface area contributed by atoms with Crippen LogP contribution in [-0.2, 0) is 32.4 Å². The fraction of sp³-hybridized carbons (Fsp3) is 0.250. The number of hydrogen-bond acceptors (Lipinski definition) is 6. The molecule has 7 nitrogen and oxygen atoms in total. The van der Waals surface area contributed by atoms with Gasteiger partial charge in [-0.25, -0.2) is 9.18 Å². The summed E-state index contributed by atoms with van der Waals surface area (Å²) in [5, 5.41) is 29.5. The number of aryl methyl sites for hydroxylation is 2. The Balaban J connectivity index is 1.52. The quantitative estimate of drug-likeness (QED) is 0.368. The number of benzene rings is 1. The van der Waals surface area contributed by atoms with Crippen molar-refractivity contribution in [3.63, 3.8) is 0 Å². The van der Waals surface area contributed by atoms with E-state index >= 15 is 0 Å². The van der Waals surface area contributed by atoms with Gasteiger partial charge in [0.05, 0.1) is 24.4 Å². The van der Waals surface area contributed by atoms with Gasteiger partial charge in [-0.05, 0) is 54.1 Å². The van der Waals surface area contributed by atoms with Crippen molar-refractivity contribution in [3.05, 3.63) is 98.8 Å². The molecule has 4 rings (SSSR count). The van der Waals surface area contributed by atoms with Gasteiger partial charge in [0.25, 0.3) is 0 Å². The summed E-state index contributed by atoms with van der Waals surface area (Å²) in [4.78, 5) is 16.8. The highest BCUT2D eigenvalue weighted by atomic mass is 32.1. The van der Waals surface area contributed by atoms with E-state index in [1.165, 1.54) is 29.1 Å². The molecule has 170 valence electrons. The van der Waals surface area contributed by atoms with Crippen LogP contribution in [-0.4, -0.2) is 35.9 Å². The first-order valence-corrected chi connectivity index (χ1v) is 11.4. The number of aromatic carboxylic acids is 1. The Morgan fingerprint density at radius 2 is 1.79 bits per heavy atom. The van der Waals surface area contributed by atoms with Crippen molar-refractivity contribution >= 4 is 17.3 Å². The Labute approximate surface area is 194 Å². The Morgan fingerprint density at radius 3 is 2.48 bits per heavy atom. The van der Waals surface area contributed by atoms with Gasteiger partial charge < -0.3 is 14.8 Å². The summed E-state index contributed by atoms with van der Waals surface area (Å²) >= 11 is 1.66. The third kappa shape index (κ3) is 5.88. The standard InChI is InChI=1S/C24H23FN4O3S/c25-18-8-6-16(7-9-18)14-29-22(27-28-23(29)13-21-4-2-10-33-21)5-1-3-19-11-17(24(31)32)12-20(15-30)26-19/h2,4,6-12,30H,1,3,5,13-15H2,(H,31,32). The van der Waals surface area contributed by atoms with E-state index in [-0.39, 0.29) is 18.0 Å². The molecule has 0 unspecified atom stereocenters. The molecule has 1 aromatic carbocycles. The van der Waals surface area contributed by atoms with Crippen LogP contribution in [0.2, 0.25) is 0 Å². The summed E-state index contributed by atoms with van der Waals surface area (Å²) < 4.78 is 15.4. The molecular formula is C24H23FN4O3S. The number of aliphatic hydroxyl groups is 1. The molecule has 0 saturated heterocycles. The lowest BCUT2D eigenvalue weighted by atomic mass is 10.1. The molecule has 0 aliphatic carbocycles. The van der Waals surface area contributed by atoms with Gasteiger partial charge in [0.1, 0.15) is 17.5 Å². The van der Waals surface area contributed by atoms with Crippen LogP contribution in [0.25, 0.3) is 0 Å². The number of thiophene rings is 1. The van der Waals surface area contributed by atoms with Gasteiger partial charge in [0.15, 0.2) is 0 Å². The number of nitrogens with zero attached hydrogens (tertiary/aromatic N) is 4. The fourth-order valence-corrected chi connectivity index (χ4v) is 4.32. The average Bonchev–Trinajstić information content (AvgIpc) is 3.46. The highest BCUT2D eigenvalue weighted by Crippen LogP contribution is 2.18. The van der Waals surface area contributed by atoms with Crippen molar-refractivity contribution in [2.45, 2.75) is 38.8 Å². The molecule has 3 aromatic heterocycles. The molecule has 0 aliphatic heterocycles. The summed E-state index contributed by atoms with van der Waals surface area (Å²) in [7, 11) is 0. The van der Waals surface area contributed by atoms with Crippen molar-refractivity contribution < 1.29 is 19.4 Å². The second-order valence-corrected chi connectivity index (χ2v) is 8.69. The minimum Gasteiger partial charge on any atom is -0.478 e. The topological polar surface area (TPSA) is 101 Å². The van der Waals surface area contributed by atoms with Crippen molar-refractivity contribution in [2.75, 3.05) is 0 Å². The zero-order valence-electron chi connectivity index (χ0n) is 17.8. The molecule has 0 radical (unpaired) electrons. The molecule has 9 heteroatoms. The number of carbonyl (C=O) groups is 1. The lowest BCUT2D eigenvalue weighted by molar-refractivity contribution is 0.0696. The Morgan fingerprint density at radius 1 is 1.03 bits per heavy atom. The van der Waals surface area contributed by atoms with E-state index in [0.29, 0.717) is 43.6 Å². The van der Waals surface area contributed by atoms with Crippen LogP contribution in [0, 0.1) is 5.82 Å². The SMILES string of the molecule is O=C(O)c1cc(CO)nc(CCCc2nnc(Cc3cccs3)n2Cc2ccc(F)cc2)c1. The van der Waals surface area contributed by atoms with Crippen LogP contribution in [0.1, 0.15) is 50.3 Å². The van der Waals surface area contributed by atoms with E-state index in [4.69, 9.17) is 0 Å². The molecule has 2 N–H and O–H groups in total. The molecule has 0 spiro atoms. The van der Waals surface area contributed by atoms with E-state index < -0.39 is 5.97 Å². The number of hydrogen-bond donors (Lipinski definition) is 2. The third-order valence-corrected chi connectivity index (χ3v) is 6.12.